The van der Waals surface area contributed by atoms with Crippen molar-refractivity contribution in [1.82, 2.24) is 4.98 Å². The van der Waals surface area contributed by atoms with E-state index >= 15 is 0 Å². The van der Waals surface area contributed by atoms with Gasteiger partial charge in [-0.1, -0.05) is 45.4 Å². The smallest absolute Gasteiger partial charge is 0.345 e. The molecule has 1 aliphatic rings. The van der Waals surface area contributed by atoms with Gasteiger partial charge in [0.25, 0.3) is 0 Å². The third-order valence-corrected chi connectivity index (χ3v) is 5.69. The Balaban J connectivity index is 2.31. The third-order valence-electron chi connectivity index (χ3n) is 5.69. The SMILES string of the molecule is CC=CC(C)(C(C)CC)C1CC=Cc2oc(=O)c3cccnc3c21. The molecule has 0 aromatic carbocycles. The normalized spacial score (nSPS) is 20.9. The van der Waals surface area contributed by atoms with Gasteiger partial charge in [-0.2, -0.15) is 0 Å². The van der Waals surface area contributed by atoms with Crippen LogP contribution in [-0.4, -0.2) is 4.98 Å². The van der Waals surface area contributed by atoms with Crippen LogP contribution in [0.5, 0.6) is 0 Å². The van der Waals surface area contributed by atoms with Crippen LogP contribution in [-0.2, 0) is 0 Å². The summed E-state index contributed by atoms with van der Waals surface area (Å²) in [5.74, 6) is 1.41. The molecule has 0 spiro atoms. The number of aromatic nitrogens is 1. The van der Waals surface area contributed by atoms with Crippen molar-refractivity contribution in [2.24, 2.45) is 11.3 Å². The Labute approximate surface area is 143 Å². The van der Waals surface area contributed by atoms with Gasteiger partial charge in [0, 0.05) is 17.7 Å². The highest BCUT2D eigenvalue weighted by Gasteiger charge is 2.40. The lowest BCUT2D eigenvalue weighted by Crippen LogP contribution is -2.32. The van der Waals surface area contributed by atoms with Crippen molar-refractivity contribution in [2.75, 3.05) is 0 Å². The summed E-state index contributed by atoms with van der Waals surface area (Å²) in [5.41, 5.74) is 1.54. The fourth-order valence-corrected chi connectivity index (χ4v) is 3.99. The fourth-order valence-electron chi connectivity index (χ4n) is 3.99. The van der Waals surface area contributed by atoms with Gasteiger partial charge in [-0.3, -0.25) is 4.98 Å². The van der Waals surface area contributed by atoms with Crippen LogP contribution >= 0.6 is 0 Å². The zero-order chi connectivity index (χ0) is 17.3. The van der Waals surface area contributed by atoms with Gasteiger partial charge in [0.15, 0.2) is 0 Å². The molecule has 2 aromatic rings. The average Bonchev–Trinajstić information content (AvgIpc) is 2.60. The summed E-state index contributed by atoms with van der Waals surface area (Å²) >= 11 is 0. The molecule has 3 nitrogen and oxygen atoms in total. The minimum absolute atomic E-state index is 0.0205. The molecule has 0 aliphatic heterocycles. The molecule has 126 valence electrons. The van der Waals surface area contributed by atoms with Crippen LogP contribution in [0.25, 0.3) is 17.0 Å². The summed E-state index contributed by atoms with van der Waals surface area (Å²) in [6.07, 6.45) is 12.3. The number of allylic oxidation sites excluding steroid dienone is 3. The van der Waals surface area contributed by atoms with Crippen LogP contribution in [0.15, 0.2) is 45.8 Å². The lowest BCUT2D eigenvalue weighted by Gasteiger charge is -2.41. The molecule has 2 heterocycles. The maximum Gasteiger partial charge on any atom is 0.345 e. The lowest BCUT2D eigenvalue weighted by molar-refractivity contribution is 0.210. The Hall–Kier alpha value is -2.16. The van der Waals surface area contributed by atoms with E-state index in [4.69, 9.17) is 4.42 Å². The fraction of sp³-hybridized carbons (Fsp3) is 0.429. The number of nitrogens with zero attached hydrogens (tertiary/aromatic N) is 1. The van der Waals surface area contributed by atoms with Gasteiger partial charge >= 0.3 is 5.63 Å². The van der Waals surface area contributed by atoms with Crippen LogP contribution in [0.1, 0.15) is 57.8 Å². The van der Waals surface area contributed by atoms with Gasteiger partial charge in [0.2, 0.25) is 0 Å². The number of pyridine rings is 1. The average molecular weight is 323 g/mol. The highest BCUT2D eigenvalue weighted by molar-refractivity contribution is 5.83. The first-order valence-corrected chi connectivity index (χ1v) is 8.75. The van der Waals surface area contributed by atoms with Crippen molar-refractivity contribution in [3.05, 3.63) is 58.3 Å². The topological polar surface area (TPSA) is 43.1 Å². The second kappa shape index (κ2) is 6.39. The molecule has 3 unspecified atom stereocenters. The molecule has 1 aliphatic carbocycles. The van der Waals surface area contributed by atoms with Crippen molar-refractivity contribution >= 4 is 17.0 Å². The molecule has 0 saturated carbocycles. The van der Waals surface area contributed by atoms with Gasteiger partial charge in [0.05, 0.1) is 10.9 Å². The number of hydrogen-bond donors (Lipinski definition) is 0. The molecule has 0 fully saturated rings. The first-order valence-electron chi connectivity index (χ1n) is 8.75. The summed E-state index contributed by atoms with van der Waals surface area (Å²) < 4.78 is 5.62. The maximum atomic E-state index is 12.3. The largest absolute Gasteiger partial charge is 0.423 e. The minimum Gasteiger partial charge on any atom is -0.423 e. The molecular formula is C21H25NO2. The first-order chi connectivity index (χ1) is 11.5. The molecule has 0 saturated heterocycles. The molecule has 0 bridgehead atoms. The summed E-state index contributed by atoms with van der Waals surface area (Å²) in [5, 5.41) is 0.573. The molecule has 0 N–H and O–H groups in total. The van der Waals surface area contributed by atoms with E-state index in [9.17, 15) is 4.79 Å². The quantitative estimate of drug-likeness (QED) is 0.715. The predicted molar refractivity (Wildman–Crippen MR) is 99.0 cm³/mol. The Bertz CT molecular complexity index is 862. The summed E-state index contributed by atoms with van der Waals surface area (Å²) in [6, 6.07) is 3.60. The second-order valence-corrected chi connectivity index (χ2v) is 6.93. The summed E-state index contributed by atoms with van der Waals surface area (Å²) in [4.78, 5) is 16.8. The molecule has 3 rings (SSSR count). The van der Waals surface area contributed by atoms with E-state index in [2.05, 4.69) is 50.9 Å². The van der Waals surface area contributed by atoms with Crippen molar-refractivity contribution in [3.8, 4) is 0 Å². The van der Waals surface area contributed by atoms with Crippen LogP contribution < -0.4 is 5.63 Å². The molecule has 0 amide bonds. The number of hydrogen-bond acceptors (Lipinski definition) is 3. The number of rotatable bonds is 4. The van der Waals surface area contributed by atoms with E-state index in [-0.39, 0.29) is 17.0 Å². The third kappa shape index (κ3) is 2.52. The van der Waals surface area contributed by atoms with E-state index in [1.165, 1.54) is 0 Å². The van der Waals surface area contributed by atoms with E-state index in [1.807, 2.05) is 6.08 Å². The molecule has 3 atom stereocenters. The van der Waals surface area contributed by atoms with Crippen LogP contribution in [0.3, 0.4) is 0 Å². The van der Waals surface area contributed by atoms with Gasteiger partial charge < -0.3 is 4.42 Å². The minimum atomic E-state index is -0.307. The van der Waals surface area contributed by atoms with Gasteiger partial charge in [-0.05, 0) is 42.9 Å². The first kappa shape index (κ1) is 16.7. The highest BCUT2D eigenvalue weighted by Crippen LogP contribution is 2.50. The van der Waals surface area contributed by atoms with Gasteiger partial charge in [-0.25, -0.2) is 4.79 Å². The molecule has 3 heteroatoms. The monoisotopic (exact) mass is 323 g/mol. The Morgan fingerprint density at radius 2 is 2.29 bits per heavy atom. The Morgan fingerprint density at radius 1 is 1.50 bits per heavy atom. The molecule has 2 aromatic heterocycles. The zero-order valence-corrected chi connectivity index (χ0v) is 14.9. The van der Waals surface area contributed by atoms with Crippen LogP contribution in [0.2, 0.25) is 0 Å². The van der Waals surface area contributed by atoms with Crippen LogP contribution in [0, 0.1) is 11.3 Å². The maximum absolute atomic E-state index is 12.3. The highest BCUT2D eigenvalue weighted by atomic mass is 16.4. The van der Waals surface area contributed by atoms with Crippen LogP contribution in [0.4, 0.5) is 0 Å². The van der Waals surface area contributed by atoms with Gasteiger partial charge in [-0.15, -0.1) is 0 Å². The predicted octanol–water partition coefficient (Wildman–Crippen LogP) is 5.32. The van der Waals surface area contributed by atoms with E-state index in [1.54, 1.807) is 18.3 Å². The Morgan fingerprint density at radius 3 is 3.00 bits per heavy atom. The van der Waals surface area contributed by atoms with E-state index < -0.39 is 0 Å². The zero-order valence-electron chi connectivity index (χ0n) is 14.9. The molecule has 0 radical (unpaired) electrons. The van der Waals surface area contributed by atoms with E-state index in [0.29, 0.717) is 17.1 Å². The van der Waals surface area contributed by atoms with Gasteiger partial charge in [0.1, 0.15) is 5.76 Å². The summed E-state index contributed by atoms with van der Waals surface area (Å²) in [6.45, 7) is 8.91. The lowest BCUT2D eigenvalue weighted by atomic mass is 9.62. The molecule has 24 heavy (non-hydrogen) atoms. The van der Waals surface area contributed by atoms with E-state index in [0.717, 1.165) is 23.9 Å². The summed E-state index contributed by atoms with van der Waals surface area (Å²) in [7, 11) is 0. The Kier molecular flexibility index (Phi) is 4.44. The second-order valence-electron chi connectivity index (χ2n) is 6.93. The van der Waals surface area contributed by atoms with Crippen molar-refractivity contribution < 1.29 is 4.42 Å². The molecular weight excluding hydrogens is 298 g/mol. The number of fused-ring (bicyclic) bond motifs is 3. The van der Waals surface area contributed by atoms with Crippen molar-refractivity contribution in [3.63, 3.8) is 0 Å². The van der Waals surface area contributed by atoms with Crippen molar-refractivity contribution in [2.45, 2.75) is 46.5 Å². The van der Waals surface area contributed by atoms with Crippen molar-refractivity contribution in [1.29, 1.82) is 0 Å². The standard InChI is InChI=1S/C21H25NO2/c1-5-12-21(4,14(3)6-2)16-10-7-11-17-18(16)19-15(20(23)24-17)9-8-13-22-19/h5,7-9,11-14,16H,6,10H2,1-4H3.